The van der Waals surface area contributed by atoms with Gasteiger partial charge >= 0.3 is 0 Å². The topological polar surface area (TPSA) is 111 Å². The summed E-state index contributed by atoms with van der Waals surface area (Å²) in [4.78, 5) is 12.1. The standard InChI is InChI=1S/C18H23N3O4S.ClH/c1-3-25-15-6-8-16(9-7-15)26(23,24)20-11-10-18(22)21-17-12-14(19)5-4-13(17)2;/h4-9,12,20H,3,10-11,19H2,1-2H3,(H,21,22);1H. The van der Waals surface area contributed by atoms with E-state index in [2.05, 4.69) is 10.0 Å². The maximum atomic E-state index is 12.2. The van der Waals surface area contributed by atoms with E-state index in [-0.39, 0.29) is 36.2 Å². The quantitative estimate of drug-likeness (QED) is 0.576. The van der Waals surface area contributed by atoms with Crippen molar-refractivity contribution in [1.29, 1.82) is 0 Å². The number of anilines is 2. The summed E-state index contributed by atoms with van der Waals surface area (Å²) < 4.78 is 32.2. The highest BCUT2D eigenvalue weighted by Crippen LogP contribution is 2.18. The second kappa shape index (κ2) is 10.1. The normalized spacial score (nSPS) is 10.7. The molecule has 0 bridgehead atoms. The molecule has 2 aromatic rings. The van der Waals surface area contributed by atoms with Crippen LogP contribution < -0.4 is 20.5 Å². The molecule has 0 heterocycles. The largest absolute Gasteiger partial charge is 0.494 e. The Morgan fingerprint density at radius 1 is 1.15 bits per heavy atom. The van der Waals surface area contributed by atoms with E-state index in [4.69, 9.17) is 10.5 Å². The molecule has 9 heteroatoms. The third-order valence-electron chi connectivity index (χ3n) is 3.62. The molecule has 0 fully saturated rings. The lowest BCUT2D eigenvalue weighted by Gasteiger charge is -2.10. The number of amides is 1. The van der Waals surface area contributed by atoms with Crippen LogP contribution in [0.25, 0.3) is 0 Å². The summed E-state index contributed by atoms with van der Waals surface area (Å²) in [6, 6.07) is 11.3. The van der Waals surface area contributed by atoms with Crippen molar-refractivity contribution in [3.63, 3.8) is 0 Å². The molecule has 0 aliphatic carbocycles. The van der Waals surface area contributed by atoms with E-state index < -0.39 is 10.0 Å². The fourth-order valence-corrected chi connectivity index (χ4v) is 3.28. The van der Waals surface area contributed by atoms with Gasteiger partial charge < -0.3 is 15.8 Å². The molecule has 0 saturated heterocycles. The van der Waals surface area contributed by atoms with Gasteiger partial charge in [-0.3, -0.25) is 4.79 Å². The Labute approximate surface area is 165 Å². The number of hydrogen-bond acceptors (Lipinski definition) is 5. The Morgan fingerprint density at radius 2 is 1.81 bits per heavy atom. The maximum absolute atomic E-state index is 12.2. The average Bonchev–Trinajstić information content (AvgIpc) is 2.59. The van der Waals surface area contributed by atoms with E-state index in [1.165, 1.54) is 12.1 Å². The van der Waals surface area contributed by atoms with Crippen LogP contribution in [0.1, 0.15) is 18.9 Å². The molecule has 2 rings (SSSR count). The molecule has 2 aromatic carbocycles. The van der Waals surface area contributed by atoms with E-state index in [9.17, 15) is 13.2 Å². The molecule has 7 nitrogen and oxygen atoms in total. The van der Waals surface area contributed by atoms with Crippen molar-refractivity contribution in [1.82, 2.24) is 4.72 Å². The van der Waals surface area contributed by atoms with E-state index in [1.807, 2.05) is 13.8 Å². The van der Waals surface area contributed by atoms with Gasteiger partial charge in [-0.1, -0.05) is 6.07 Å². The molecule has 0 saturated carbocycles. The van der Waals surface area contributed by atoms with Crippen molar-refractivity contribution in [3.05, 3.63) is 48.0 Å². The van der Waals surface area contributed by atoms with Gasteiger partial charge in [-0.25, -0.2) is 13.1 Å². The molecule has 148 valence electrons. The van der Waals surface area contributed by atoms with Crippen molar-refractivity contribution in [2.45, 2.75) is 25.2 Å². The first-order valence-electron chi connectivity index (χ1n) is 8.20. The highest BCUT2D eigenvalue weighted by Gasteiger charge is 2.14. The monoisotopic (exact) mass is 413 g/mol. The van der Waals surface area contributed by atoms with Gasteiger partial charge in [0.15, 0.2) is 0 Å². The number of carbonyl (C=O) groups excluding carboxylic acids is 1. The number of nitrogen functional groups attached to an aromatic ring is 1. The number of aryl methyl sites for hydroxylation is 1. The van der Waals surface area contributed by atoms with E-state index in [1.54, 1.807) is 30.3 Å². The van der Waals surface area contributed by atoms with Gasteiger partial charge in [0.2, 0.25) is 15.9 Å². The second-order valence-corrected chi connectivity index (χ2v) is 7.44. The zero-order chi connectivity index (χ0) is 19.2. The van der Waals surface area contributed by atoms with Crippen LogP contribution in [0.3, 0.4) is 0 Å². The number of halogens is 1. The number of ether oxygens (including phenoxy) is 1. The maximum Gasteiger partial charge on any atom is 0.240 e. The van der Waals surface area contributed by atoms with Gasteiger partial charge in [-0.2, -0.15) is 0 Å². The molecule has 1 amide bonds. The van der Waals surface area contributed by atoms with Gasteiger partial charge in [0.05, 0.1) is 11.5 Å². The smallest absolute Gasteiger partial charge is 0.240 e. The number of benzene rings is 2. The molecule has 27 heavy (non-hydrogen) atoms. The Bertz CT molecular complexity index is 871. The summed E-state index contributed by atoms with van der Waals surface area (Å²) in [6.07, 6.45) is 0.00446. The molecule has 0 radical (unpaired) electrons. The second-order valence-electron chi connectivity index (χ2n) is 5.67. The Hall–Kier alpha value is -2.29. The van der Waals surface area contributed by atoms with Crippen molar-refractivity contribution in [3.8, 4) is 5.75 Å². The van der Waals surface area contributed by atoms with Crippen LogP contribution in [-0.2, 0) is 14.8 Å². The van der Waals surface area contributed by atoms with Crippen molar-refractivity contribution < 1.29 is 17.9 Å². The fraction of sp³-hybridized carbons (Fsp3) is 0.278. The number of nitrogens with two attached hydrogens (primary N) is 1. The van der Waals surface area contributed by atoms with Crippen LogP contribution in [0.5, 0.6) is 5.75 Å². The number of nitrogens with one attached hydrogen (secondary N) is 2. The summed E-state index contributed by atoms with van der Waals surface area (Å²) in [7, 11) is -3.68. The first-order valence-corrected chi connectivity index (χ1v) is 9.68. The zero-order valence-electron chi connectivity index (χ0n) is 15.2. The summed E-state index contributed by atoms with van der Waals surface area (Å²) in [6.45, 7) is 4.20. The number of carbonyl (C=O) groups is 1. The Kier molecular flexibility index (Phi) is 8.55. The third kappa shape index (κ3) is 6.74. The summed E-state index contributed by atoms with van der Waals surface area (Å²) in [5.41, 5.74) is 7.74. The van der Waals surface area contributed by atoms with E-state index in [0.717, 1.165) is 5.56 Å². The van der Waals surface area contributed by atoms with Crippen LogP contribution in [0.4, 0.5) is 11.4 Å². The molecule has 4 N–H and O–H groups in total. The van der Waals surface area contributed by atoms with E-state index >= 15 is 0 Å². The lowest BCUT2D eigenvalue weighted by atomic mass is 10.2. The van der Waals surface area contributed by atoms with Gasteiger partial charge in [0.25, 0.3) is 0 Å². The van der Waals surface area contributed by atoms with Gasteiger partial charge in [0.1, 0.15) is 5.75 Å². The van der Waals surface area contributed by atoms with E-state index in [0.29, 0.717) is 23.7 Å². The summed E-state index contributed by atoms with van der Waals surface area (Å²) in [5, 5.41) is 2.73. The van der Waals surface area contributed by atoms with Crippen LogP contribution in [-0.4, -0.2) is 27.5 Å². The molecule has 0 atom stereocenters. The van der Waals surface area contributed by atoms with Crippen LogP contribution >= 0.6 is 12.4 Å². The van der Waals surface area contributed by atoms with Gasteiger partial charge in [-0.15, -0.1) is 12.4 Å². The van der Waals surface area contributed by atoms with Crippen molar-refractivity contribution in [2.75, 3.05) is 24.2 Å². The summed E-state index contributed by atoms with van der Waals surface area (Å²) >= 11 is 0. The Balaban J connectivity index is 0.00000364. The third-order valence-corrected chi connectivity index (χ3v) is 5.10. The van der Waals surface area contributed by atoms with Crippen LogP contribution in [0.2, 0.25) is 0 Å². The first kappa shape index (κ1) is 22.8. The number of hydrogen-bond donors (Lipinski definition) is 3. The Morgan fingerprint density at radius 3 is 2.44 bits per heavy atom. The van der Waals surface area contributed by atoms with Crippen LogP contribution in [0.15, 0.2) is 47.4 Å². The SMILES string of the molecule is CCOc1ccc(S(=O)(=O)NCCC(=O)Nc2cc(N)ccc2C)cc1.Cl. The average molecular weight is 414 g/mol. The first-order chi connectivity index (χ1) is 12.3. The predicted octanol–water partition coefficient (Wildman–Crippen LogP) is 2.70. The lowest BCUT2D eigenvalue weighted by molar-refractivity contribution is -0.116. The van der Waals surface area contributed by atoms with Crippen molar-refractivity contribution in [2.24, 2.45) is 0 Å². The molecular formula is C18H24ClN3O4S. The molecule has 0 unspecified atom stereocenters. The van der Waals surface area contributed by atoms with Gasteiger partial charge in [-0.05, 0) is 55.8 Å². The van der Waals surface area contributed by atoms with Gasteiger partial charge in [0, 0.05) is 24.3 Å². The minimum atomic E-state index is -3.68. The lowest BCUT2D eigenvalue weighted by Crippen LogP contribution is -2.28. The molecule has 0 aliphatic rings. The fourth-order valence-electron chi connectivity index (χ4n) is 2.25. The zero-order valence-corrected chi connectivity index (χ0v) is 16.8. The molecule has 0 aliphatic heterocycles. The van der Waals surface area contributed by atoms with Crippen molar-refractivity contribution >= 4 is 39.7 Å². The molecular weight excluding hydrogens is 390 g/mol. The highest BCUT2D eigenvalue weighted by atomic mass is 35.5. The van der Waals surface area contributed by atoms with Crippen LogP contribution in [0, 0.1) is 6.92 Å². The molecule has 0 aromatic heterocycles. The minimum absolute atomic E-state index is 0. The molecule has 0 spiro atoms. The number of sulfonamides is 1. The highest BCUT2D eigenvalue weighted by molar-refractivity contribution is 7.89. The summed E-state index contributed by atoms with van der Waals surface area (Å²) in [5.74, 6) is 0.302. The minimum Gasteiger partial charge on any atom is -0.494 e. The predicted molar refractivity (Wildman–Crippen MR) is 109 cm³/mol. The number of rotatable bonds is 8.